The van der Waals surface area contributed by atoms with E-state index in [1.807, 2.05) is 0 Å². The summed E-state index contributed by atoms with van der Waals surface area (Å²) in [5, 5.41) is 22.0. The highest BCUT2D eigenvalue weighted by molar-refractivity contribution is 5.58. The van der Waals surface area contributed by atoms with E-state index in [9.17, 15) is 15.0 Å². The molecule has 0 fully saturated rings. The van der Waals surface area contributed by atoms with Crippen LogP contribution < -0.4 is 4.74 Å². The number of rotatable bonds is 7. The van der Waals surface area contributed by atoms with Crippen LogP contribution in [0.15, 0.2) is 24.3 Å². The van der Waals surface area contributed by atoms with Gasteiger partial charge in [0.25, 0.3) is 0 Å². The van der Waals surface area contributed by atoms with Crippen molar-refractivity contribution in [2.24, 2.45) is 0 Å². The van der Waals surface area contributed by atoms with Crippen LogP contribution in [0.4, 0.5) is 0 Å². The molecule has 0 bridgehead atoms. The summed E-state index contributed by atoms with van der Waals surface area (Å²) in [6.45, 7) is 28.2. The van der Waals surface area contributed by atoms with Gasteiger partial charge in [0.05, 0.1) is 6.10 Å². The predicted octanol–water partition coefficient (Wildman–Crippen LogP) is 8.06. The third-order valence-electron chi connectivity index (χ3n) is 7.33. The maximum Gasteiger partial charge on any atom is 0.126 e. The van der Waals surface area contributed by atoms with Gasteiger partial charge in [0.15, 0.2) is 0 Å². The van der Waals surface area contributed by atoms with Crippen LogP contribution in [0.5, 0.6) is 11.5 Å². The number of phenols is 1. The molecule has 38 heavy (non-hydrogen) atoms. The molecule has 0 aromatic heterocycles. The molecule has 0 amide bonds. The van der Waals surface area contributed by atoms with Gasteiger partial charge in [-0.1, -0.05) is 114 Å². The molecule has 0 saturated carbocycles. The van der Waals surface area contributed by atoms with Crippen molar-refractivity contribution in [3.8, 4) is 11.5 Å². The second kappa shape index (κ2) is 11.0. The first-order valence-electron chi connectivity index (χ1n) is 13.9. The fraction of sp³-hybridized carbons (Fsp3) is 0.618. The lowest BCUT2D eigenvalue weighted by Crippen LogP contribution is -2.23. The van der Waals surface area contributed by atoms with E-state index < -0.39 is 6.10 Å². The van der Waals surface area contributed by atoms with Crippen LogP contribution in [0.3, 0.4) is 0 Å². The van der Waals surface area contributed by atoms with Gasteiger partial charge in [-0.15, -0.1) is 0 Å². The maximum absolute atomic E-state index is 11.7. The highest BCUT2D eigenvalue weighted by Gasteiger charge is 2.32. The number of hydrogen-bond acceptors (Lipinski definition) is 4. The number of carbonyl (C=O) groups is 1. The Balaban J connectivity index is 2.94. The number of ether oxygens (including phenoxy) is 1. The minimum absolute atomic E-state index is 0.0255. The number of benzene rings is 2. The fourth-order valence-corrected chi connectivity index (χ4v) is 4.64. The van der Waals surface area contributed by atoms with E-state index in [2.05, 4.69) is 114 Å². The Morgan fingerprint density at radius 3 is 1.61 bits per heavy atom. The molecule has 0 aliphatic carbocycles. The lowest BCUT2D eigenvalue weighted by Gasteiger charge is -2.33. The van der Waals surface area contributed by atoms with E-state index in [1.165, 1.54) is 11.1 Å². The first-order valence-corrected chi connectivity index (χ1v) is 13.9. The number of aromatic hydroxyl groups is 1. The Hall–Kier alpha value is -2.33. The topological polar surface area (TPSA) is 66.8 Å². The third-order valence-corrected chi connectivity index (χ3v) is 7.33. The van der Waals surface area contributed by atoms with Crippen LogP contribution >= 0.6 is 0 Å². The SMILES string of the molecule is CC(c1cc(C(C)(C)C)cc(C(C)(C)C)c1O)c1cc(C(C)(C)C)cc(C(C)(C)C)c1OCC(O)CC=O. The Morgan fingerprint density at radius 1 is 0.737 bits per heavy atom. The first-order chi connectivity index (χ1) is 17.1. The minimum atomic E-state index is -0.879. The molecule has 0 heterocycles. The molecule has 2 N–H and O–H groups in total. The van der Waals surface area contributed by atoms with Gasteiger partial charge in [0, 0.05) is 29.0 Å². The molecular formula is C34H52O4. The Kier molecular flexibility index (Phi) is 9.26. The number of hydrogen-bond donors (Lipinski definition) is 2. The Morgan fingerprint density at radius 2 is 1.18 bits per heavy atom. The zero-order valence-electron chi connectivity index (χ0n) is 26.2. The summed E-state index contributed by atoms with van der Waals surface area (Å²) in [7, 11) is 0. The van der Waals surface area contributed by atoms with Crippen molar-refractivity contribution in [1.82, 2.24) is 0 Å². The van der Waals surface area contributed by atoms with Crippen molar-refractivity contribution in [2.75, 3.05) is 6.61 Å². The zero-order chi connectivity index (χ0) is 29.4. The summed E-state index contributed by atoms with van der Waals surface area (Å²) in [6, 6.07) is 8.69. The first kappa shape index (κ1) is 31.9. The van der Waals surface area contributed by atoms with Crippen LogP contribution in [-0.4, -0.2) is 29.2 Å². The largest absolute Gasteiger partial charge is 0.507 e. The molecular weight excluding hydrogens is 472 g/mol. The summed E-state index contributed by atoms with van der Waals surface area (Å²) in [4.78, 5) is 11.0. The van der Waals surface area contributed by atoms with Crippen LogP contribution in [0, 0.1) is 0 Å². The lowest BCUT2D eigenvalue weighted by molar-refractivity contribution is -0.109. The van der Waals surface area contributed by atoms with Gasteiger partial charge in [0.2, 0.25) is 0 Å². The molecule has 4 heteroatoms. The molecule has 2 unspecified atom stereocenters. The van der Waals surface area contributed by atoms with Crippen molar-refractivity contribution >= 4 is 6.29 Å². The van der Waals surface area contributed by atoms with Crippen LogP contribution in [0.2, 0.25) is 0 Å². The number of aliphatic hydroxyl groups excluding tert-OH is 1. The number of phenolic OH excluding ortho intramolecular Hbond substituents is 1. The van der Waals surface area contributed by atoms with Gasteiger partial charge in [-0.2, -0.15) is 0 Å². The maximum atomic E-state index is 11.7. The molecule has 2 rings (SSSR count). The number of aliphatic hydroxyl groups is 1. The molecule has 4 nitrogen and oxygen atoms in total. The van der Waals surface area contributed by atoms with Crippen molar-refractivity contribution in [3.63, 3.8) is 0 Å². The second-order valence-corrected chi connectivity index (χ2v) is 15.0. The average Bonchev–Trinajstić information content (AvgIpc) is 2.74. The second-order valence-electron chi connectivity index (χ2n) is 15.0. The quantitative estimate of drug-likeness (QED) is 0.359. The highest BCUT2D eigenvalue weighted by atomic mass is 16.5. The summed E-state index contributed by atoms with van der Waals surface area (Å²) in [5.74, 6) is 0.865. The van der Waals surface area contributed by atoms with Gasteiger partial charge in [-0.05, 0) is 38.4 Å². The summed E-state index contributed by atoms with van der Waals surface area (Å²) < 4.78 is 6.36. The van der Waals surface area contributed by atoms with E-state index in [4.69, 9.17) is 4.74 Å². The monoisotopic (exact) mass is 524 g/mol. The van der Waals surface area contributed by atoms with Gasteiger partial charge >= 0.3 is 0 Å². The van der Waals surface area contributed by atoms with E-state index in [1.54, 1.807) is 0 Å². The van der Waals surface area contributed by atoms with Crippen molar-refractivity contribution < 1.29 is 19.7 Å². The van der Waals surface area contributed by atoms with Gasteiger partial charge in [0.1, 0.15) is 24.4 Å². The summed E-state index contributed by atoms with van der Waals surface area (Å²) in [5.41, 5.74) is 5.52. The molecule has 0 saturated heterocycles. The molecule has 212 valence electrons. The normalized spacial score (nSPS) is 14.8. The van der Waals surface area contributed by atoms with E-state index in [-0.39, 0.29) is 40.6 Å². The molecule has 2 aromatic carbocycles. The summed E-state index contributed by atoms with van der Waals surface area (Å²) in [6.07, 6.45) is -0.135. The fourth-order valence-electron chi connectivity index (χ4n) is 4.64. The molecule has 0 aliphatic heterocycles. The number of carbonyl (C=O) groups excluding carboxylic acids is 1. The molecule has 0 radical (unpaired) electrons. The standard InChI is InChI=1S/C34H52O4/c1-21(25-16-22(31(2,3)4)18-27(29(25)37)33(8,9)10)26-17-23(32(5,6)7)19-28(34(11,12)13)30(26)38-20-24(36)14-15-35/h15-19,21,24,36-37H,14,20H2,1-13H3. The Labute approximate surface area is 231 Å². The minimum Gasteiger partial charge on any atom is -0.507 e. The molecule has 0 aliphatic rings. The zero-order valence-corrected chi connectivity index (χ0v) is 26.2. The van der Waals surface area contributed by atoms with Gasteiger partial charge in [-0.25, -0.2) is 0 Å². The van der Waals surface area contributed by atoms with E-state index in [0.717, 1.165) is 34.3 Å². The lowest BCUT2D eigenvalue weighted by atomic mass is 9.74. The van der Waals surface area contributed by atoms with E-state index >= 15 is 0 Å². The molecule has 0 spiro atoms. The molecule has 2 aromatic rings. The van der Waals surface area contributed by atoms with Crippen molar-refractivity contribution in [2.45, 2.75) is 130 Å². The third kappa shape index (κ3) is 7.40. The van der Waals surface area contributed by atoms with Gasteiger partial charge in [-0.3, -0.25) is 0 Å². The Bertz CT molecular complexity index is 1130. The predicted molar refractivity (Wildman–Crippen MR) is 159 cm³/mol. The van der Waals surface area contributed by atoms with Crippen molar-refractivity contribution in [3.05, 3.63) is 57.6 Å². The van der Waals surface area contributed by atoms with Crippen LogP contribution in [-0.2, 0) is 26.5 Å². The van der Waals surface area contributed by atoms with Crippen LogP contribution in [0.1, 0.15) is 136 Å². The highest BCUT2D eigenvalue weighted by Crippen LogP contribution is 2.47. The van der Waals surface area contributed by atoms with Crippen molar-refractivity contribution in [1.29, 1.82) is 0 Å². The van der Waals surface area contributed by atoms with Gasteiger partial charge < -0.3 is 19.7 Å². The molecule has 2 atom stereocenters. The van der Waals surface area contributed by atoms with Crippen LogP contribution in [0.25, 0.3) is 0 Å². The average molecular weight is 525 g/mol. The number of aldehydes is 1. The van der Waals surface area contributed by atoms with E-state index in [0.29, 0.717) is 5.75 Å². The smallest absolute Gasteiger partial charge is 0.126 e. The summed E-state index contributed by atoms with van der Waals surface area (Å²) >= 11 is 0.